The Morgan fingerprint density at radius 1 is 0.897 bits per heavy atom. The number of hydrogen-bond acceptors (Lipinski definition) is 5. The Bertz CT molecular complexity index is 1140. The maximum atomic E-state index is 4.89. The van der Waals surface area contributed by atoms with Gasteiger partial charge in [0.1, 0.15) is 5.82 Å². The van der Waals surface area contributed by atoms with Gasteiger partial charge in [0.15, 0.2) is 11.6 Å². The van der Waals surface area contributed by atoms with Crippen molar-refractivity contribution in [3.63, 3.8) is 0 Å². The topological polar surface area (TPSA) is 79.4 Å². The first-order valence-electron chi connectivity index (χ1n) is 10.3. The number of benzene rings is 2. The molecule has 1 fully saturated rings. The molecule has 146 valence electrons. The van der Waals surface area contributed by atoms with Gasteiger partial charge >= 0.3 is 0 Å². The summed E-state index contributed by atoms with van der Waals surface area (Å²) < 4.78 is 0. The summed E-state index contributed by atoms with van der Waals surface area (Å²) in [6.45, 7) is 2.09. The molecule has 1 saturated carbocycles. The summed E-state index contributed by atoms with van der Waals surface area (Å²) >= 11 is 0. The molecule has 0 aliphatic heterocycles. The number of H-pyrrole nitrogens is 1. The molecule has 0 amide bonds. The first kappa shape index (κ1) is 17.8. The van der Waals surface area contributed by atoms with Gasteiger partial charge < -0.3 is 5.32 Å². The third kappa shape index (κ3) is 3.58. The number of nitrogens with zero attached hydrogens (tertiary/aromatic N) is 4. The Morgan fingerprint density at radius 2 is 1.69 bits per heavy atom. The molecule has 6 nitrogen and oxygen atoms in total. The molecular weight excluding hydrogens is 360 g/mol. The lowest BCUT2D eigenvalue weighted by molar-refractivity contribution is 0.428. The summed E-state index contributed by atoms with van der Waals surface area (Å²) in [5.41, 5.74) is 3.18. The van der Waals surface area contributed by atoms with Gasteiger partial charge in [-0.25, -0.2) is 4.98 Å². The fourth-order valence-electron chi connectivity index (χ4n) is 4.10. The Labute approximate surface area is 169 Å². The predicted octanol–water partition coefficient (Wildman–Crippen LogP) is 5.51. The quantitative estimate of drug-likeness (QED) is 0.485. The van der Waals surface area contributed by atoms with Gasteiger partial charge in [0.25, 0.3) is 0 Å². The standard InChI is InChI=1S/C23H24N6/c1-15-9-5-6-12-17(15)21-24-20(16-10-3-2-4-11-16)25-23(26-21)27-22-18-13-7-8-14-19(18)28-29-22/h5-9,12-14,16H,2-4,10-11H2,1H3,(H2,24,25,26,27,28,29). The minimum absolute atomic E-state index is 0.394. The van der Waals surface area contributed by atoms with Crippen molar-refractivity contribution in [3.05, 3.63) is 59.9 Å². The van der Waals surface area contributed by atoms with E-state index in [0.29, 0.717) is 11.9 Å². The number of aromatic nitrogens is 5. The molecule has 29 heavy (non-hydrogen) atoms. The molecule has 5 rings (SSSR count). The van der Waals surface area contributed by atoms with E-state index in [1.165, 1.54) is 19.3 Å². The highest BCUT2D eigenvalue weighted by Gasteiger charge is 2.21. The van der Waals surface area contributed by atoms with Crippen LogP contribution >= 0.6 is 0 Å². The van der Waals surface area contributed by atoms with Crippen molar-refractivity contribution in [2.24, 2.45) is 0 Å². The van der Waals surface area contributed by atoms with Crippen LogP contribution in [-0.2, 0) is 0 Å². The second kappa shape index (κ2) is 7.62. The summed E-state index contributed by atoms with van der Waals surface area (Å²) in [6, 6.07) is 16.3. The van der Waals surface area contributed by atoms with E-state index in [2.05, 4.69) is 34.6 Å². The highest BCUT2D eigenvalue weighted by atomic mass is 15.2. The number of rotatable bonds is 4. The van der Waals surface area contributed by atoms with Crippen molar-refractivity contribution in [2.75, 3.05) is 5.32 Å². The average molecular weight is 384 g/mol. The summed E-state index contributed by atoms with van der Waals surface area (Å²) in [7, 11) is 0. The van der Waals surface area contributed by atoms with E-state index >= 15 is 0 Å². The van der Waals surface area contributed by atoms with Gasteiger partial charge in [0.2, 0.25) is 5.95 Å². The van der Waals surface area contributed by atoms with E-state index in [1.807, 2.05) is 36.4 Å². The van der Waals surface area contributed by atoms with E-state index in [-0.39, 0.29) is 0 Å². The Kier molecular flexibility index (Phi) is 4.68. The van der Waals surface area contributed by atoms with Crippen LogP contribution < -0.4 is 5.32 Å². The average Bonchev–Trinajstić information content (AvgIpc) is 3.17. The molecule has 1 aliphatic rings. The van der Waals surface area contributed by atoms with Crippen LogP contribution in [0, 0.1) is 6.92 Å². The molecule has 0 spiro atoms. The van der Waals surface area contributed by atoms with Crippen LogP contribution in [0.3, 0.4) is 0 Å². The first-order valence-corrected chi connectivity index (χ1v) is 10.3. The Hall–Kier alpha value is -3.28. The van der Waals surface area contributed by atoms with E-state index in [9.17, 15) is 0 Å². The smallest absolute Gasteiger partial charge is 0.232 e. The molecule has 6 heteroatoms. The summed E-state index contributed by atoms with van der Waals surface area (Å²) in [4.78, 5) is 14.4. The third-order valence-corrected chi connectivity index (χ3v) is 5.71. The van der Waals surface area contributed by atoms with Gasteiger partial charge in [-0.1, -0.05) is 55.7 Å². The van der Waals surface area contributed by atoms with Gasteiger partial charge in [-0.15, -0.1) is 0 Å². The highest BCUT2D eigenvalue weighted by Crippen LogP contribution is 2.33. The normalized spacial score (nSPS) is 14.9. The van der Waals surface area contributed by atoms with E-state index in [0.717, 1.165) is 52.3 Å². The number of anilines is 2. The maximum Gasteiger partial charge on any atom is 0.232 e. The minimum Gasteiger partial charge on any atom is -0.307 e. The second-order valence-corrected chi connectivity index (χ2v) is 7.73. The van der Waals surface area contributed by atoms with Crippen molar-refractivity contribution in [2.45, 2.75) is 44.9 Å². The molecule has 0 saturated heterocycles. The van der Waals surface area contributed by atoms with Gasteiger partial charge in [0, 0.05) is 16.9 Å². The van der Waals surface area contributed by atoms with E-state index in [1.54, 1.807) is 0 Å². The number of para-hydroxylation sites is 1. The lowest BCUT2D eigenvalue weighted by atomic mass is 9.88. The van der Waals surface area contributed by atoms with Gasteiger partial charge in [-0.2, -0.15) is 15.1 Å². The summed E-state index contributed by atoms with van der Waals surface area (Å²) in [5.74, 6) is 3.29. The molecule has 0 unspecified atom stereocenters. The monoisotopic (exact) mass is 384 g/mol. The lowest BCUT2D eigenvalue weighted by Gasteiger charge is -2.21. The fraction of sp³-hybridized carbons (Fsp3) is 0.304. The maximum absolute atomic E-state index is 4.89. The van der Waals surface area contributed by atoms with Crippen LogP contribution in [0.2, 0.25) is 0 Å². The van der Waals surface area contributed by atoms with Crippen molar-refractivity contribution in [1.29, 1.82) is 0 Å². The number of fused-ring (bicyclic) bond motifs is 1. The Morgan fingerprint density at radius 3 is 2.55 bits per heavy atom. The van der Waals surface area contributed by atoms with Crippen LogP contribution in [-0.4, -0.2) is 25.1 Å². The van der Waals surface area contributed by atoms with E-state index < -0.39 is 0 Å². The van der Waals surface area contributed by atoms with Crippen LogP contribution in [0.1, 0.15) is 49.4 Å². The molecular formula is C23H24N6. The third-order valence-electron chi connectivity index (χ3n) is 5.71. The van der Waals surface area contributed by atoms with Gasteiger partial charge in [0.05, 0.1) is 5.52 Å². The van der Waals surface area contributed by atoms with Crippen molar-refractivity contribution < 1.29 is 0 Å². The number of hydrogen-bond donors (Lipinski definition) is 2. The molecule has 0 radical (unpaired) electrons. The fourth-order valence-corrected chi connectivity index (χ4v) is 4.10. The van der Waals surface area contributed by atoms with Gasteiger partial charge in [-0.05, 0) is 37.5 Å². The zero-order valence-electron chi connectivity index (χ0n) is 16.5. The number of aromatic amines is 1. The van der Waals surface area contributed by atoms with Gasteiger partial charge in [-0.3, -0.25) is 5.10 Å². The molecule has 2 N–H and O–H groups in total. The largest absolute Gasteiger partial charge is 0.307 e. The number of aryl methyl sites for hydroxylation is 1. The molecule has 2 aromatic carbocycles. The minimum atomic E-state index is 0.394. The lowest BCUT2D eigenvalue weighted by Crippen LogP contribution is -2.12. The molecule has 2 aromatic heterocycles. The Balaban J connectivity index is 1.58. The van der Waals surface area contributed by atoms with Crippen molar-refractivity contribution in [1.82, 2.24) is 25.1 Å². The van der Waals surface area contributed by atoms with Crippen LogP contribution in [0.5, 0.6) is 0 Å². The summed E-state index contributed by atoms with van der Waals surface area (Å²) in [6.07, 6.45) is 6.06. The molecule has 2 heterocycles. The summed E-state index contributed by atoms with van der Waals surface area (Å²) in [5, 5.41) is 11.8. The van der Waals surface area contributed by atoms with Crippen molar-refractivity contribution in [3.8, 4) is 11.4 Å². The first-order chi connectivity index (χ1) is 14.3. The van der Waals surface area contributed by atoms with Crippen LogP contribution in [0.4, 0.5) is 11.8 Å². The number of nitrogens with one attached hydrogen (secondary N) is 2. The van der Waals surface area contributed by atoms with Crippen LogP contribution in [0.25, 0.3) is 22.3 Å². The van der Waals surface area contributed by atoms with Crippen LogP contribution in [0.15, 0.2) is 48.5 Å². The zero-order chi connectivity index (χ0) is 19.6. The SMILES string of the molecule is Cc1ccccc1-c1nc(Nc2n[nH]c3ccccc23)nc(C2CCCCC2)n1. The van der Waals surface area contributed by atoms with Crippen molar-refractivity contribution >= 4 is 22.7 Å². The predicted molar refractivity (Wildman–Crippen MR) is 115 cm³/mol. The molecule has 0 bridgehead atoms. The molecule has 4 aromatic rings. The molecule has 0 atom stereocenters. The zero-order valence-corrected chi connectivity index (χ0v) is 16.5. The molecule has 1 aliphatic carbocycles. The second-order valence-electron chi connectivity index (χ2n) is 7.73. The highest BCUT2D eigenvalue weighted by molar-refractivity contribution is 5.90. The van der Waals surface area contributed by atoms with E-state index in [4.69, 9.17) is 15.0 Å².